The van der Waals surface area contributed by atoms with E-state index in [2.05, 4.69) is 26.5 Å². The van der Waals surface area contributed by atoms with Crippen molar-refractivity contribution in [2.24, 2.45) is 5.10 Å². The number of benzene rings is 3. The second-order valence-electron chi connectivity index (χ2n) is 6.32. The first kappa shape index (κ1) is 23.1. The van der Waals surface area contributed by atoms with Gasteiger partial charge in [0, 0.05) is 10.6 Å². The topological polar surface area (TPSA) is 59.9 Å². The van der Waals surface area contributed by atoms with Crippen molar-refractivity contribution in [3.05, 3.63) is 91.9 Å². The number of carbonyl (C=O) groups is 1. The molecule has 3 rings (SSSR count). The van der Waals surface area contributed by atoms with Crippen LogP contribution in [0.2, 0.25) is 10.0 Å². The first-order valence-corrected chi connectivity index (χ1v) is 10.9. The third kappa shape index (κ3) is 6.23. The molecule has 0 fully saturated rings. The minimum absolute atomic E-state index is 0.291. The van der Waals surface area contributed by atoms with E-state index in [1.807, 2.05) is 37.3 Å². The molecule has 0 aliphatic heterocycles. The summed E-state index contributed by atoms with van der Waals surface area (Å²) in [5, 5.41) is 5.01. The van der Waals surface area contributed by atoms with E-state index in [4.69, 9.17) is 32.7 Å². The van der Waals surface area contributed by atoms with Gasteiger partial charge in [-0.05, 0) is 58.7 Å². The second kappa shape index (κ2) is 11.2. The van der Waals surface area contributed by atoms with Gasteiger partial charge in [-0.25, -0.2) is 5.43 Å². The lowest BCUT2D eigenvalue weighted by molar-refractivity contribution is 0.0955. The normalized spacial score (nSPS) is 10.8. The summed E-state index contributed by atoms with van der Waals surface area (Å²) in [6.45, 7) is 2.63. The second-order valence-corrected chi connectivity index (χ2v) is 7.99. The Bertz CT molecular complexity index is 1110. The van der Waals surface area contributed by atoms with E-state index < -0.39 is 5.91 Å². The molecule has 8 heteroatoms. The molecule has 0 radical (unpaired) electrons. The summed E-state index contributed by atoms with van der Waals surface area (Å²) >= 11 is 15.8. The van der Waals surface area contributed by atoms with E-state index >= 15 is 0 Å². The van der Waals surface area contributed by atoms with Crippen LogP contribution in [0.4, 0.5) is 0 Å². The smallest absolute Gasteiger partial charge is 0.272 e. The monoisotopic (exact) mass is 520 g/mol. The van der Waals surface area contributed by atoms with Gasteiger partial charge in [0.05, 0.1) is 27.9 Å². The Balaban J connectivity index is 1.74. The fraction of sp³-hybridized carbons (Fsp3) is 0.130. The van der Waals surface area contributed by atoms with Crippen molar-refractivity contribution >= 4 is 51.3 Å². The van der Waals surface area contributed by atoms with Crippen LogP contribution in [0, 0.1) is 0 Å². The Labute approximate surface area is 199 Å². The maximum atomic E-state index is 12.2. The molecule has 0 aliphatic rings. The zero-order valence-electron chi connectivity index (χ0n) is 16.6. The summed E-state index contributed by atoms with van der Waals surface area (Å²) in [5.41, 5.74) is 4.39. The number of hydrogen-bond donors (Lipinski definition) is 1. The van der Waals surface area contributed by atoms with Crippen LogP contribution in [0.3, 0.4) is 0 Å². The van der Waals surface area contributed by atoms with Crippen molar-refractivity contribution < 1.29 is 14.3 Å². The third-order valence-corrected chi connectivity index (χ3v) is 5.45. The highest BCUT2D eigenvalue weighted by Gasteiger charge is 2.13. The van der Waals surface area contributed by atoms with Gasteiger partial charge in [0.15, 0.2) is 11.5 Å². The van der Waals surface area contributed by atoms with Gasteiger partial charge < -0.3 is 9.47 Å². The Morgan fingerprint density at radius 2 is 1.77 bits per heavy atom. The molecule has 3 aromatic rings. The van der Waals surface area contributed by atoms with Crippen LogP contribution in [0.25, 0.3) is 0 Å². The highest BCUT2D eigenvalue weighted by atomic mass is 79.9. The van der Waals surface area contributed by atoms with Gasteiger partial charge in [-0.1, -0.05) is 53.5 Å². The van der Waals surface area contributed by atoms with Crippen LogP contribution in [0.5, 0.6) is 11.5 Å². The first-order valence-electron chi connectivity index (χ1n) is 9.40. The van der Waals surface area contributed by atoms with Gasteiger partial charge in [-0.3, -0.25) is 4.79 Å². The van der Waals surface area contributed by atoms with Crippen molar-refractivity contribution in [1.29, 1.82) is 0 Å². The highest BCUT2D eigenvalue weighted by Crippen LogP contribution is 2.37. The predicted octanol–water partition coefficient (Wildman–Crippen LogP) is 6.50. The molecule has 1 amide bonds. The first-order chi connectivity index (χ1) is 15.0. The molecule has 0 unspecified atom stereocenters. The van der Waals surface area contributed by atoms with Gasteiger partial charge in [0.25, 0.3) is 5.91 Å². The fourth-order valence-electron chi connectivity index (χ4n) is 2.70. The van der Waals surface area contributed by atoms with Gasteiger partial charge in [0.1, 0.15) is 6.61 Å². The summed E-state index contributed by atoms with van der Waals surface area (Å²) in [4.78, 5) is 12.2. The van der Waals surface area contributed by atoms with Gasteiger partial charge in [0.2, 0.25) is 0 Å². The Hall–Kier alpha value is -2.54. The van der Waals surface area contributed by atoms with E-state index in [0.29, 0.717) is 50.4 Å². The number of ether oxygens (including phenoxy) is 2. The largest absolute Gasteiger partial charge is 0.490 e. The summed E-state index contributed by atoms with van der Waals surface area (Å²) in [5.74, 6) is 0.701. The third-order valence-electron chi connectivity index (χ3n) is 4.16. The Morgan fingerprint density at radius 1 is 1.06 bits per heavy atom. The number of halogens is 3. The summed E-state index contributed by atoms with van der Waals surface area (Å²) in [6, 6.07) is 17.8. The Kier molecular flexibility index (Phi) is 8.35. The van der Waals surface area contributed by atoms with Crippen LogP contribution in [0.1, 0.15) is 28.4 Å². The lowest BCUT2D eigenvalue weighted by Gasteiger charge is -2.15. The standard InChI is InChI=1S/C23H19BrCl2N2O3/c1-2-30-21-12-15(13-27-28-23(29)17-8-4-6-10-20(17)26)11-18(24)22(21)31-14-16-7-3-5-9-19(16)25/h3-13H,2,14H2,1H3,(H,28,29)/b27-13-. The molecule has 160 valence electrons. The van der Waals surface area contributed by atoms with Gasteiger partial charge in [-0.15, -0.1) is 0 Å². The minimum Gasteiger partial charge on any atom is -0.490 e. The lowest BCUT2D eigenvalue weighted by Crippen LogP contribution is -2.17. The molecule has 0 heterocycles. The number of nitrogens with one attached hydrogen (secondary N) is 1. The van der Waals surface area contributed by atoms with Crippen LogP contribution in [-0.4, -0.2) is 18.7 Å². The zero-order chi connectivity index (χ0) is 22.2. The van der Waals surface area contributed by atoms with Crippen molar-refractivity contribution in [3.8, 4) is 11.5 Å². The molecule has 0 saturated heterocycles. The van der Waals surface area contributed by atoms with Crippen molar-refractivity contribution in [2.45, 2.75) is 13.5 Å². The average molecular weight is 522 g/mol. The van der Waals surface area contributed by atoms with E-state index in [9.17, 15) is 4.79 Å². The highest BCUT2D eigenvalue weighted by molar-refractivity contribution is 9.10. The molecule has 0 atom stereocenters. The van der Waals surface area contributed by atoms with Crippen LogP contribution < -0.4 is 14.9 Å². The van der Waals surface area contributed by atoms with E-state index in [0.717, 1.165) is 5.56 Å². The molecule has 0 spiro atoms. The summed E-state index contributed by atoms with van der Waals surface area (Å²) in [7, 11) is 0. The summed E-state index contributed by atoms with van der Waals surface area (Å²) < 4.78 is 12.4. The molecular weight excluding hydrogens is 503 g/mol. The quantitative estimate of drug-likeness (QED) is 0.272. The van der Waals surface area contributed by atoms with Crippen LogP contribution in [-0.2, 0) is 6.61 Å². The average Bonchev–Trinajstić information content (AvgIpc) is 2.75. The van der Waals surface area contributed by atoms with Crippen molar-refractivity contribution in [3.63, 3.8) is 0 Å². The van der Waals surface area contributed by atoms with E-state index in [1.165, 1.54) is 6.21 Å². The number of carbonyl (C=O) groups excluding carboxylic acids is 1. The molecule has 1 N–H and O–H groups in total. The van der Waals surface area contributed by atoms with Crippen molar-refractivity contribution in [2.75, 3.05) is 6.61 Å². The molecule has 31 heavy (non-hydrogen) atoms. The fourth-order valence-corrected chi connectivity index (χ4v) is 3.69. The SMILES string of the molecule is CCOc1cc(/C=N\NC(=O)c2ccccc2Cl)cc(Br)c1OCc1ccccc1Cl. The van der Waals surface area contributed by atoms with Crippen molar-refractivity contribution in [1.82, 2.24) is 5.43 Å². The van der Waals surface area contributed by atoms with Crippen LogP contribution >= 0.6 is 39.1 Å². The van der Waals surface area contributed by atoms with Crippen LogP contribution in [0.15, 0.2) is 70.2 Å². The summed E-state index contributed by atoms with van der Waals surface area (Å²) in [6.07, 6.45) is 1.51. The number of amides is 1. The van der Waals surface area contributed by atoms with E-state index in [1.54, 1.807) is 30.3 Å². The molecule has 0 aromatic heterocycles. The predicted molar refractivity (Wildman–Crippen MR) is 128 cm³/mol. The molecule has 3 aromatic carbocycles. The molecule has 0 aliphatic carbocycles. The number of rotatable bonds is 8. The van der Waals surface area contributed by atoms with Gasteiger partial charge >= 0.3 is 0 Å². The zero-order valence-corrected chi connectivity index (χ0v) is 19.7. The minimum atomic E-state index is -0.398. The molecule has 5 nitrogen and oxygen atoms in total. The Morgan fingerprint density at radius 3 is 2.48 bits per heavy atom. The maximum absolute atomic E-state index is 12.2. The lowest BCUT2D eigenvalue weighted by atomic mass is 10.2. The number of hydrogen-bond acceptors (Lipinski definition) is 4. The van der Waals surface area contributed by atoms with E-state index in [-0.39, 0.29) is 0 Å². The molecule has 0 bridgehead atoms. The van der Waals surface area contributed by atoms with Gasteiger partial charge in [-0.2, -0.15) is 5.10 Å². The maximum Gasteiger partial charge on any atom is 0.272 e. The number of hydrazone groups is 1. The molecule has 0 saturated carbocycles. The number of nitrogens with zero attached hydrogens (tertiary/aromatic N) is 1. The molecular formula is C23H19BrCl2N2O3.